The van der Waals surface area contributed by atoms with Gasteiger partial charge in [0.2, 0.25) is 0 Å². The lowest BCUT2D eigenvalue weighted by Crippen LogP contribution is -2.36. The highest BCUT2D eigenvalue weighted by Crippen LogP contribution is 2.41. The van der Waals surface area contributed by atoms with Gasteiger partial charge in [0.05, 0.1) is 6.04 Å². The van der Waals surface area contributed by atoms with Crippen molar-refractivity contribution in [2.75, 3.05) is 13.1 Å². The van der Waals surface area contributed by atoms with Crippen molar-refractivity contribution in [2.45, 2.75) is 72.2 Å². The molecule has 1 aromatic carbocycles. The summed E-state index contributed by atoms with van der Waals surface area (Å²) in [6.07, 6.45) is 5.72. The molecule has 0 radical (unpaired) electrons. The molecular formula is C27H34N4O2. The van der Waals surface area contributed by atoms with Gasteiger partial charge in [0.1, 0.15) is 11.2 Å². The van der Waals surface area contributed by atoms with Gasteiger partial charge in [-0.15, -0.1) is 0 Å². The van der Waals surface area contributed by atoms with Gasteiger partial charge in [-0.05, 0) is 93.1 Å². The van der Waals surface area contributed by atoms with Crippen LogP contribution >= 0.6 is 0 Å². The number of pyridine rings is 1. The van der Waals surface area contributed by atoms with Crippen LogP contribution in [0.1, 0.15) is 68.8 Å². The lowest BCUT2D eigenvalue weighted by molar-refractivity contribution is 0.0224. The zero-order chi connectivity index (χ0) is 23.3. The molecule has 0 unspecified atom stereocenters. The summed E-state index contributed by atoms with van der Waals surface area (Å²) in [5, 5.41) is 1.15. The number of likely N-dealkylation sites (tertiary alicyclic amines) is 1. The van der Waals surface area contributed by atoms with Crippen molar-refractivity contribution >= 4 is 17.1 Å². The minimum absolute atomic E-state index is 0.0519. The first-order valence-electron chi connectivity index (χ1n) is 12.1. The van der Waals surface area contributed by atoms with Crippen LogP contribution in [-0.2, 0) is 17.8 Å². The molecule has 6 nitrogen and oxygen atoms in total. The van der Waals surface area contributed by atoms with E-state index < -0.39 is 5.60 Å². The number of ether oxygens (including phenoxy) is 1. The van der Waals surface area contributed by atoms with Gasteiger partial charge in [-0.1, -0.05) is 6.92 Å². The number of nitrogens with zero attached hydrogens (tertiary/aromatic N) is 3. The Bertz CT molecular complexity index is 1210. The third kappa shape index (κ3) is 4.12. The predicted molar refractivity (Wildman–Crippen MR) is 131 cm³/mol. The van der Waals surface area contributed by atoms with Gasteiger partial charge in [-0.3, -0.25) is 4.90 Å². The fourth-order valence-electron chi connectivity index (χ4n) is 5.22. The maximum atomic E-state index is 13.1. The zero-order valence-electron chi connectivity index (χ0n) is 20.4. The number of hydrogen-bond donors (Lipinski definition) is 1. The van der Waals surface area contributed by atoms with Crippen molar-refractivity contribution in [3.05, 3.63) is 52.8 Å². The summed E-state index contributed by atoms with van der Waals surface area (Å²) in [4.78, 5) is 25.4. The van der Waals surface area contributed by atoms with E-state index in [4.69, 9.17) is 4.74 Å². The monoisotopic (exact) mass is 446 g/mol. The summed E-state index contributed by atoms with van der Waals surface area (Å²) in [7, 11) is 0. The fraction of sp³-hybridized carbons (Fsp3) is 0.481. The van der Waals surface area contributed by atoms with Crippen molar-refractivity contribution in [3.8, 4) is 11.1 Å². The van der Waals surface area contributed by atoms with Gasteiger partial charge in [0.15, 0.2) is 0 Å². The maximum Gasteiger partial charge on any atom is 0.410 e. The van der Waals surface area contributed by atoms with Crippen molar-refractivity contribution in [1.82, 2.24) is 19.8 Å². The highest BCUT2D eigenvalue weighted by molar-refractivity contribution is 5.84. The molecule has 1 fully saturated rings. The van der Waals surface area contributed by atoms with E-state index in [0.717, 1.165) is 55.6 Å². The second-order valence-electron chi connectivity index (χ2n) is 10.4. The first-order chi connectivity index (χ1) is 15.7. The van der Waals surface area contributed by atoms with Crippen LogP contribution in [0.15, 0.2) is 30.6 Å². The van der Waals surface area contributed by atoms with E-state index >= 15 is 0 Å². The SMILES string of the molecule is CCN1Cc2cc(-c3cnc4[nH]cc(C)c4c3)cc([C@@H]3CCCN3C(=O)OC(C)(C)C)c2C1. The highest BCUT2D eigenvalue weighted by atomic mass is 16.6. The number of aromatic nitrogens is 2. The molecule has 2 aromatic heterocycles. The van der Waals surface area contributed by atoms with E-state index in [0.29, 0.717) is 0 Å². The summed E-state index contributed by atoms with van der Waals surface area (Å²) in [6, 6.07) is 6.91. The molecule has 0 aliphatic carbocycles. The topological polar surface area (TPSA) is 61.5 Å². The molecule has 1 atom stereocenters. The van der Waals surface area contributed by atoms with E-state index in [9.17, 15) is 4.79 Å². The number of amides is 1. The largest absolute Gasteiger partial charge is 0.444 e. The summed E-state index contributed by atoms with van der Waals surface area (Å²) in [5.74, 6) is 0. The van der Waals surface area contributed by atoms with Crippen molar-refractivity contribution < 1.29 is 9.53 Å². The number of fused-ring (bicyclic) bond motifs is 2. The Kier molecular flexibility index (Phi) is 5.44. The summed E-state index contributed by atoms with van der Waals surface area (Å²) < 4.78 is 5.77. The summed E-state index contributed by atoms with van der Waals surface area (Å²) in [6.45, 7) is 13.8. The van der Waals surface area contributed by atoms with Crippen LogP contribution in [0.25, 0.3) is 22.2 Å². The highest BCUT2D eigenvalue weighted by Gasteiger charge is 2.36. The number of H-pyrrole nitrogens is 1. The van der Waals surface area contributed by atoms with Gasteiger partial charge in [0.25, 0.3) is 0 Å². The Morgan fingerprint density at radius 1 is 1.21 bits per heavy atom. The first kappa shape index (κ1) is 22.0. The molecule has 0 spiro atoms. The summed E-state index contributed by atoms with van der Waals surface area (Å²) >= 11 is 0. The lowest BCUT2D eigenvalue weighted by atomic mass is 9.91. The number of benzene rings is 1. The van der Waals surface area contributed by atoms with Crippen molar-refractivity contribution in [2.24, 2.45) is 0 Å². The molecular weight excluding hydrogens is 412 g/mol. The number of carbonyl (C=O) groups is 1. The van der Waals surface area contributed by atoms with E-state index in [1.165, 1.54) is 27.8 Å². The summed E-state index contributed by atoms with van der Waals surface area (Å²) in [5.41, 5.74) is 7.93. The zero-order valence-corrected chi connectivity index (χ0v) is 20.4. The molecule has 33 heavy (non-hydrogen) atoms. The van der Waals surface area contributed by atoms with Crippen LogP contribution in [0, 0.1) is 6.92 Å². The fourth-order valence-corrected chi connectivity index (χ4v) is 5.22. The van der Waals surface area contributed by atoms with E-state index in [1.807, 2.05) is 38.1 Å². The Balaban J connectivity index is 1.58. The number of hydrogen-bond acceptors (Lipinski definition) is 4. The third-order valence-corrected chi connectivity index (χ3v) is 6.91. The first-order valence-corrected chi connectivity index (χ1v) is 12.1. The van der Waals surface area contributed by atoms with Crippen LogP contribution < -0.4 is 0 Å². The van der Waals surface area contributed by atoms with Crippen LogP contribution in [0.3, 0.4) is 0 Å². The minimum Gasteiger partial charge on any atom is -0.444 e. The van der Waals surface area contributed by atoms with Gasteiger partial charge < -0.3 is 14.6 Å². The number of aryl methyl sites for hydroxylation is 1. The lowest BCUT2D eigenvalue weighted by Gasteiger charge is -2.30. The molecule has 1 amide bonds. The Morgan fingerprint density at radius 3 is 2.79 bits per heavy atom. The van der Waals surface area contributed by atoms with Gasteiger partial charge in [0, 0.05) is 43.0 Å². The molecule has 174 valence electrons. The van der Waals surface area contributed by atoms with Crippen molar-refractivity contribution in [1.29, 1.82) is 0 Å². The Morgan fingerprint density at radius 2 is 2.03 bits per heavy atom. The molecule has 4 heterocycles. The Labute approximate surface area is 195 Å². The maximum absolute atomic E-state index is 13.1. The normalized spacial score (nSPS) is 18.8. The van der Waals surface area contributed by atoms with Gasteiger partial charge >= 0.3 is 6.09 Å². The quantitative estimate of drug-likeness (QED) is 0.540. The van der Waals surface area contributed by atoms with Crippen LogP contribution in [0.2, 0.25) is 0 Å². The second kappa shape index (κ2) is 8.17. The molecule has 2 aliphatic heterocycles. The van der Waals surface area contributed by atoms with Gasteiger partial charge in [-0.25, -0.2) is 9.78 Å². The molecule has 2 aliphatic rings. The predicted octanol–water partition coefficient (Wildman–Crippen LogP) is 5.95. The minimum atomic E-state index is -0.497. The van der Waals surface area contributed by atoms with E-state index in [-0.39, 0.29) is 12.1 Å². The number of nitrogens with one attached hydrogen (secondary N) is 1. The number of aromatic amines is 1. The molecule has 3 aromatic rings. The molecule has 0 bridgehead atoms. The average molecular weight is 447 g/mol. The average Bonchev–Trinajstić information content (AvgIpc) is 3.49. The molecule has 1 saturated heterocycles. The smallest absolute Gasteiger partial charge is 0.410 e. The third-order valence-electron chi connectivity index (χ3n) is 6.91. The molecule has 1 N–H and O–H groups in total. The second-order valence-corrected chi connectivity index (χ2v) is 10.4. The van der Waals surface area contributed by atoms with Gasteiger partial charge in [-0.2, -0.15) is 0 Å². The molecule has 0 saturated carbocycles. The van der Waals surface area contributed by atoms with Crippen LogP contribution in [0.4, 0.5) is 4.79 Å². The van der Waals surface area contributed by atoms with Crippen molar-refractivity contribution in [3.63, 3.8) is 0 Å². The Hall–Kier alpha value is -2.86. The van der Waals surface area contributed by atoms with Crippen LogP contribution in [-0.4, -0.2) is 44.6 Å². The molecule has 5 rings (SSSR count). The van der Waals surface area contributed by atoms with Crippen LogP contribution in [0.5, 0.6) is 0 Å². The molecule has 6 heteroatoms. The standard InChI is InChI=1S/C27H34N4O2/c1-6-30-15-20-10-18(19-12-21-17(2)13-28-25(21)29-14-19)11-22(23(20)16-30)24-8-7-9-31(24)26(32)33-27(3,4)5/h10-14,24H,6-9,15-16H2,1-5H3,(H,28,29)/t24-/m0/s1. The van der Waals surface area contributed by atoms with E-state index in [2.05, 4.69) is 46.9 Å². The van der Waals surface area contributed by atoms with E-state index in [1.54, 1.807) is 0 Å². The number of carbonyl (C=O) groups excluding carboxylic acids is 1. The number of rotatable bonds is 3.